The molecule has 0 aromatic carbocycles. The third-order valence-electron chi connectivity index (χ3n) is 15.4. The van der Waals surface area contributed by atoms with Gasteiger partial charge in [0.1, 0.15) is 13.2 Å². The summed E-state index contributed by atoms with van der Waals surface area (Å²) < 4.78 is 16.9. The minimum atomic E-state index is -0.799. The van der Waals surface area contributed by atoms with Crippen LogP contribution < -0.4 is 0 Å². The fourth-order valence-corrected chi connectivity index (χ4v) is 10.1. The zero-order chi connectivity index (χ0) is 58.5. The van der Waals surface area contributed by atoms with Crippen LogP contribution in [0.25, 0.3) is 0 Å². The second kappa shape index (κ2) is 69.1. The molecule has 0 aromatic heterocycles. The summed E-state index contributed by atoms with van der Waals surface area (Å²) in [5.74, 6) is -0.926. The number of esters is 3. The van der Waals surface area contributed by atoms with Crippen LogP contribution in [-0.4, -0.2) is 37.2 Å². The largest absolute Gasteiger partial charge is 0.462 e. The molecular formula is C75H132O6. The van der Waals surface area contributed by atoms with Crippen molar-refractivity contribution >= 4 is 17.9 Å². The van der Waals surface area contributed by atoms with E-state index in [1.54, 1.807) is 0 Å². The molecule has 468 valence electrons. The average Bonchev–Trinajstić information content (AvgIpc) is 3.47. The normalized spacial score (nSPS) is 12.6. The first-order valence-electron chi connectivity index (χ1n) is 35.1. The lowest BCUT2D eigenvalue weighted by Gasteiger charge is -2.18. The van der Waals surface area contributed by atoms with E-state index < -0.39 is 6.10 Å². The van der Waals surface area contributed by atoms with Gasteiger partial charge in [-0.2, -0.15) is 0 Å². The average molecular weight is 1130 g/mol. The van der Waals surface area contributed by atoms with Crippen LogP contribution in [0.2, 0.25) is 0 Å². The van der Waals surface area contributed by atoms with E-state index in [4.69, 9.17) is 14.2 Å². The molecule has 0 N–H and O–H groups in total. The predicted octanol–water partition coefficient (Wildman–Crippen LogP) is 24.2. The molecule has 0 aliphatic rings. The summed E-state index contributed by atoms with van der Waals surface area (Å²) in [6.45, 7) is 6.50. The van der Waals surface area contributed by atoms with Crippen molar-refractivity contribution in [3.63, 3.8) is 0 Å². The van der Waals surface area contributed by atoms with Gasteiger partial charge in [-0.15, -0.1) is 0 Å². The molecule has 0 heterocycles. The number of hydrogen-bond donors (Lipinski definition) is 0. The molecule has 0 aromatic rings. The van der Waals surface area contributed by atoms with Gasteiger partial charge in [-0.05, 0) is 116 Å². The smallest absolute Gasteiger partial charge is 0.306 e. The van der Waals surface area contributed by atoms with E-state index in [2.05, 4.69) is 106 Å². The summed E-state index contributed by atoms with van der Waals surface area (Å²) in [6, 6.07) is 0. The number of ether oxygens (including phenoxy) is 3. The lowest BCUT2D eigenvalue weighted by Crippen LogP contribution is -2.30. The lowest BCUT2D eigenvalue weighted by molar-refractivity contribution is -0.167. The van der Waals surface area contributed by atoms with Crippen LogP contribution in [0, 0.1) is 0 Å². The molecule has 6 nitrogen and oxygen atoms in total. The third kappa shape index (κ3) is 67.3. The van der Waals surface area contributed by atoms with Gasteiger partial charge in [0.05, 0.1) is 0 Å². The summed E-state index contributed by atoms with van der Waals surface area (Å²) in [5.41, 5.74) is 0. The zero-order valence-corrected chi connectivity index (χ0v) is 53.8. The number of unbranched alkanes of at least 4 members (excludes halogenated alkanes) is 39. The Labute approximate surface area is 503 Å². The maximum absolute atomic E-state index is 12.9. The van der Waals surface area contributed by atoms with Crippen molar-refractivity contribution < 1.29 is 28.6 Å². The topological polar surface area (TPSA) is 78.9 Å². The molecular weight excluding hydrogens is 997 g/mol. The zero-order valence-electron chi connectivity index (χ0n) is 53.8. The molecule has 0 rings (SSSR count). The van der Waals surface area contributed by atoms with Crippen LogP contribution in [0.5, 0.6) is 0 Å². The maximum Gasteiger partial charge on any atom is 0.306 e. The van der Waals surface area contributed by atoms with Gasteiger partial charge in [-0.3, -0.25) is 14.4 Å². The summed E-state index contributed by atoms with van der Waals surface area (Å²) in [5, 5.41) is 0. The number of rotatable bonds is 64. The standard InChI is InChI=1S/C75H132O6/c1-4-7-10-13-16-19-22-25-28-30-31-32-33-34-35-36-37-38-39-40-41-42-43-45-47-50-53-56-59-62-65-68-74(77)80-71-72(70-79-73(76)67-64-61-58-55-52-49-46-27-24-21-18-15-12-9-6-3)81-75(78)69-66-63-60-57-54-51-48-44-29-26-23-20-17-14-11-8-5-2/h9,12,17-18,20-21,26-27,29-31,46,52,55,72H,4-8,10-11,13-16,19,22-25,28,32-45,47-51,53-54,56-71H2,1-3H3/b12-9-,20-17-,21-18-,29-26-,31-30-,46-27-,55-52-. The van der Waals surface area contributed by atoms with E-state index in [1.165, 1.54) is 218 Å². The second-order valence-electron chi connectivity index (χ2n) is 23.4. The quantitative estimate of drug-likeness (QED) is 0.0261. The number of allylic oxidation sites excluding steroid dienone is 14. The first-order chi connectivity index (χ1) is 40.0. The van der Waals surface area contributed by atoms with E-state index in [-0.39, 0.29) is 31.1 Å². The van der Waals surface area contributed by atoms with Crippen molar-refractivity contribution in [1.29, 1.82) is 0 Å². The highest BCUT2D eigenvalue weighted by atomic mass is 16.6. The summed E-state index contributed by atoms with van der Waals surface area (Å²) in [7, 11) is 0. The third-order valence-corrected chi connectivity index (χ3v) is 15.4. The van der Waals surface area contributed by atoms with Gasteiger partial charge in [-0.25, -0.2) is 0 Å². The van der Waals surface area contributed by atoms with Gasteiger partial charge in [-0.1, -0.05) is 305 Å². The molecule has 0 amide bonds. The molecule has 0 fully saturated rings. The van der Waals surface area contributed by atoms with E-state index in [1.807, 2.05) is 0 Å². The maximum atomic E-state index is 12.9. The number of hydrogen-bond acceptors (Lipinski definition) is 6. The summed E-state index contributed by atoms with van der Waals surface area (Å²) in [6.07, 6.45) is 92.0. The molecule has 0 radical (unpaired) electrons. The highest BCUT2D eigenvalue weighted by molar-refractivity contribution is 5.71. The molecule has 0 spiro atoms. The Bertz CT molecular complexity index is 1530. The van der Waals surface area contributed by atoms with Crippen molar-refractivity contribution in [3.8, 4) is 0 Å². The van der Waals surface area contributed by atoms with Crippen LogP contribution >= 0.6 is 0 Å². The molecule has 0 saturated heterocycles. The van der Waals surface area contributed by atoms with E-state index in [0.717, 1.165) is 96.3 Å². The molecule has 0 aliphatic carbocycles. The Morgan fingerprint density at radius 2 is 0.481 bits per heavy atom. The molecule has 6 heteroatoms. The predicted molar refractivity (Wildman–Crippen MR) is 353 cm³/mol. The molecule has 0 aliphatic heterocycles. The van der Waals surface area contributed by atoms with Crippen LogP contribution in [0.15, 0.2) is 85.1 Å². The molecule has 0 bridgehead atoms. The Hall–Kier alpha value is -3.41. The van der Waals surface area contributed by atoms with Crippen LogP contribution in [0.3, 0.4) is 0 Å². The van der Waals surface area contributed by atoms with Gasteiger partial charge in [0.15, 0.2) is 6.10 Å². The molecule has 1 unspecified atom stereocenters. The summed E-state index contributed by atoms with van der Waals surface area (Å²) in [4.78, 5) is 38.4. The SMILES string of the molecule is CC/C=C\C/C=C\C/C=C\C/C=C\CCCCC(=O)OCC(COC(=O)CCCCCCCCCCCCCCCCCCCCC/C=C\CCCCCCCCCC)OC(=O)CCCCCCCCC/C=C\C/C=C\CCCCC. The highest BCUT2D eigenvalue weighted by Crippen LogP contribution is 2.17. The van der Waals surface area contributed by atoms with Gasteiger partial charge in [0.2, 0.25) is 0 Å². The molecule has 81 heavy (non-hydrogen) atoms. The van der Waals surface area contributed by atoms with Crippen LogP contribution in [-0.2, 0) is 28.6 Å². The van der Waals surface area contributed by atoms with Gasteiger partial charge in [0, 0.05) is 19.3 Å². The summed E-state index contributed by atoms with van der Waals surface area (Å²) >= 11 is 0. The Morgan fingerprint density at radius 3 is 0.815 bits per heavy atom. The monoisotopic (exact) mass is 1130 g/mol. The fourth-order valence-electron chi connectivity index (χ4n) is 10.1. The highest BCUT2D eigenvalue weighted by Gasteiger charge is 2.19. The van der Waals surface area contributed by atoms with E-state index in [9.17, 15) is 14.4 Å². The van der Waals surface area contributed by atoms with Gasteiger partial charge in [0.25, 0.3) is 0 Å². The van der Waals surface area contributed by atoms with Crippen molar-refractivity contribution in [2.45, 2.75) is 361 Å². The van der Waals surface area contributed by atoms with Crippen molar-refractivity contribution in [1.82, 2.24) is 0 Å². The number of carbonyl (C=O) groups excluding carboxylic acids is 3. The van der Waals surface area contributed by atoms with E-state index >= 15 is 0 Å². The Balaban J connectivity index is 4.23. The lowest BCUT2D eigenvalue weighted by atomic mass is 10.0. The first-order valence-corrected chi connectivity index (χ1v) is 35.1. The molecule has 0 saturated carbocycles. The van der Waals surface area contributed by atoms with Gasteiger partial charge >= 0.3 is 17.9 Å². The van der Waals surface area contributed by atoms with Crippen molar-refractivity contribution in [2.75, 3.05) is 13.2 Å². The van der Waals surface area contributed by atoms with Crippen LogP contribution in [0.1, 0.15) is 355 Å². The van der Waals surface area contributed by atoms with Crippen molar-refractivity contribution in [3.05, 3.63) is 85.1 Å². The van der Waals surface area contributed by atoms with Crippen LogP contribution in [0.4, 0.5) is 0 Å². The molecule has 1 atom stereocenters. The van der Waals surface area contributed by atoms with Gasteiger partial charge < -0.3 is 14.2 Å². The first kappa shape index (κ1) is 77.6. The number of carbonyl (C=O) groups is 3. The second-order valence-corrected chi connectivity index (χ2v) is 23.4. The van der Waals surface area contributed by atoms with Crippen molar-refractivity contribution in [2.24, 2.45) is 0 Å². The minimum Gasteiger partial charge on any atom is -0.462 e. The Morgan fingerprint density at radius 1 is 0.259 bits per heavy atom. The minimum absolute atomic E-state index is 0.0906. The Kier molecular flexibility index (Phi) is 66.2. The van der Waals surface area contributed by atoms with E-state index in [0.29, 0.717) is 19.3 Å². The fraction of sp³-hybridized carbons (Fsp3) is 0.773.